The van der Waals surface area contributed by atoms with Gasteiger partial charge in [-0.1, -0.05) is 127 Å². The molecule has 0 bridgehead atoms. The Morgan fingerprint density at radius 2 is 0.923 bits per heavy atom. The second kappa shape index (κ2) is 11.3. The van der Waals surface area contributed by atoms with Crippen molar-refractivity contribution in [3.8, 4) is 33.5 Å². The van der Waals surface area contributed by atoms with Crippen LogP contribution in [0.2, 0.25) is 0 Å². The number of nitrogens with zero attached hydrogens (tertiary/aromatic N) is 3. The van der Waals surface area contributed by atoms with Crippen LogP contribution in [0.1, 0.15) is 0 Å². The van der Waals surface area contributed by atoms with Crippen molar-refractivity contribution in [2.24, 2.45) is 0 Å². The van der Waals surface area contributed by atoms with Gasteiger partial charge in [-0.05, 0) is 91.0 Å². The Kier molecular flexibility index (Phi) is 6.25. The Balaban J connectivity index is 0.978. The molecule has 0 amide bonds. The molecule has 0 aliphatic carbocycles. The van der Waals surface area contributed by atoms with Gasteiger partial charge in [0.2, 0.25) is 0 Å². The lowest BCUT2D eigenvalue weighted by atomic mass is 9.92. The van der Waals surface area contributed by atoms with Gasteiger partial charge in [-0.2, -0.15) is 0 Å². The first kappa shape index (κ1) is 28.8. The minimum atomic E-state index is 0.935. The van der Waals surface area contributed by atoms with E-state index in [2.05, 4.69) is 157 Å². The average Bonchev–Trinajstić information content (AvgIpc) is 3.22. The molecule has 0 unspecified atom stereocenters. The highest BCUT2D eigenvalue weighted by Gasteiger charge is 2.15. The third-order valence-corrected chi connectivity index (χ3v) is 10.7. The monoisotopic (exact) mass is 659 g/mol. The first-order valence-corrected chi connectivity index (χ1v) is 17.7. The Morgan fingerprint density at radius 1 is 0.327 bits per heavy atom. The summed E-state index contributed by atoms with van der Waals surface area (Å²) in [6.07, 6.45) is 3.69. The summed E-state index contributed by atoms with van der Waals surface area (Å²) < 4.78 is 0. The summed E-state index contributed by atoms with van der Waals surface area (Å²) in [5, 5.41) is 13.3. The molecule has 0 saturated heterocycles. The molecule has 11 rings (SSSR count). The lowest BCUT2D eigenvalue weighted by Gasteiger charge is -2.13. The summed E-state index contributed by atoms with van der Waals surface area (Å²) in [6, 6.07) is 59.1. The number of hydrogen-bond donors (Lipinski definition) is 0. The average molecular weight is 660 g/mol. The second-order valence-electron chi connectivity index (χ2n) is 13.6. The van der Waals surface area contributed by atoms with Crippen molar-refractivity contribution in [1.82, 2.24) is 15.0 Å². The van der Waals surface area contributed by atoms with E-state index in [0.29, 0.717) is 0 Å². The fraction of sp³-hybridized carbons (Fsp3) is 0. The molecule has 0 aliphatic rings. The molecule has 0 atom stereocenters. The number of rotatable bonds is 3. The van der Waals surface area contributed by atoms with Gasteiger partial charge >= 0.3 is 0 Å². The van der Waals surface area contributed by atoms with Gasteiger partial charge in [0, 0.05) is 44.9 Å². The van der Waals surface area contributed by atoms with Crippen molar-refractivity contribution in [2.45, 2.75) is 0 Å². The minimum absolute atomic E-state index is 0.935. The Morgan fingerprint density at radius 3 is 1.77 bits per heavy atom. The molecule has 3 nitrogen and oxygen atoms in total. The van der Waals surface area contributed by atoms with Crippen LogP contribution in [-0.4, -0.2) is 15.0 Å². The van der Waals surface area contributed by atoms with Gasteiger partial charge < -0.3 is 0 Å². The molecule has 0 spiro atoms. The molecule has 52 heavy (non-hydrogen) atoms. The standard InChI is InChI=1S/C49H29N3/c1-2-9-40-31(7-1)19-24-43-46(40)42-10-3-4-12-45(42)52-47(43)32-15-13-30(14-16-32)33-20-22-38-34(27-33)17-18-35-28-36(21-23-39(35)38)44-29-37-8-5-25-50-48(37)49-41(44)11-6-26-51-49/h1-29H. The van der Waals surface area contributed by atoms with E-state index in [1.54, 1.807) is 0 Å². The topological polar surface area (TPSA) is 38.7 Å². The first-order valence-electron chi connectivity index (χ1n) is 17.7. The molecule has 11 aromatic rings. The number of fused-ring (bicyclic) bond motifs is 11. The summed E-state index contributed by atoms with van der Waals surface area (Å²) in [6.45, 7) is 0. The number of para-hydroxylation sites is 1. The Labute approximate surface area is 299 Å². The molecule has 0 saturated carbocycles. The molecular weight excluding hydrogens is 631 g/mol. The van der Waals surface area contributed by atoms with Crippen LogP contribution in [0.4, 0.5) is 0 Å². The van der Waals surface area contributed by atoms with E-state index in [4.69, 9.17) is 9.97 Å². The number of aromatic nitrogens is 3. The van der Waals surface area contributed by atoms with Crippen molar-refractivity contribution < 1.29 is 0 Å². The highest BCUT2D eigenvalue weighted by molar-refractivity contribution is 6.22. The van der Waals surface area contributed by atoms with Crippen molar-refractivity contribution in [1.29, 1.82) is 0 Å². The van der Waals surface area contributed by atoms with Crippen LogP contribution < -0.4 is 0 Å². The fourth-order valence-electron chi connectivity index (χ4n) is 8.20. The summed E-state index contributed by atoms with van der Waals surface area (Å²) in [5.41, 5.74) is 9.74. The zero-order valence-corrected chi connectivity index (χ0v) is 28.1. The maximum absolute atomic E-state index is 5.20. The van der Waals surface area contributed by atoms with Crippen LogP contribution in [0.5, 0.6) is 0 Å². The van der Waals surface area contributed by atoms with Gasteiger partial charge in [0.1, 0.15) is 0 Å². The van der Waals surface area contributed by atoms with Crippen LogP contribution >= 0.6 is 0 Å². The third-order valence-electron chi connectivity index (χ3n) is 10.7. The summed E-state index contributed by atoms with van der Waals surface area (Å²) in [7, 11) is 0. The number of pyridine rings is 3. The molecule has 0 N–H and O–H groups in total. The van der Waals surface area contributed by atoms with Crippen LogP contribution in [0.15, 0.2) is 176 Å². The molecule has 0 aliphatic heterocycles. The van der Waals surface area contributed by atoms with E-state index < -0.39 is 0 Å². The van der Waals surface area contributed by atoms with Gasteiger partial charge in [-0.3, -0.25) is 9.97 Å². The van der Waals surface area contributed by atoms with Crippen molar-refractivity contribution in [3.63, 3.8) is 0 Å². The number of benzene rings is 8. The van der Waals surface area contributed by atoms with Gasteiger partial charge in [0.05, 0.1) is 22.2 Å². The zero-order chi connectivity index (χ0) is 34.2. The lowest BCUT2D eigenvalue weighted by Crippen LogP contribution is -1.91. The first-order chi connectivity index (χ1) is 25.8. The second-order valence-corrected chi connectivity index (χ2v) is 13.6. The van der Waals surface area contributed by atoms with Crippen molar-refractivity contribution in [3.05, 3.63) is 176 Å². The molecule has 3 heterocycles. The highest BCUT2D eigenvalue weighted by atomic mass is 14.7. The van der Waals surface area contributed by atoms with Crippen LogP contribution in [-0.2, 0) is 0 Å². The van der Waals surface area contributed by atoms with E-state index in [0.717, 1.165) is 38.6 Å². The van der Waals surface area contributed by atoms with Crippen molar-refractivity contribution >= 4 is 75.8 Å². The maximum atomic E-state index is 5.20. The molecule has 3 heteroatoms. The summed E-state index contributed by atoms with van der Waals surface area (Å²) in [4.78, 5) is 14.6. The molecule has 3 aromatic heterocycles. The smallest absolute Gasteiger partial charge is 0.0970 e. The minimum Gasteiger partial charge on any atom is -0.254 e. The number of hydrogen-bond acceptors (Lipinski definition) is 3. The van der Waals surface area contributed by atoms with Crippen LogP contribution in [0.25, 0.3) is 109 Å². The van der Waals surface area contributed by atoms with Crippen LogP contribution in [0.3, 0.4) is 0 Å². The fourth-order valence-corrected chi connectivity index (χ4v) is 8.20. The summed E-state index contributed by atoms with van der Waals surface area (Å²) in [5.74, 6) is 0. The lowest BCUT2D eigenvalue weighted by molar-refractivity contribution is 1.37. The zero-order valence-electron chi connectivity index (χ0n) is 28.1. The van der Waals surface area contributed by atoms with E-state index in [9.17, 15) is 0 Å². The van der Waals surface area contributed by atoms with E-state index in [1.807, 2.05) is 24.5 Å². The predicted octanol–water partition coefficient (Wildman–Crippen LogP) is 12.9. The quantitative estimate of drug-likeness (QED) is 0.177. The van der Waals surface area contributed by atoms with Crippen LogP contribution in [0, 0.1) is 0 Å². The molecule has 0 radical (unpaired) electrons. The highest BCUT2D eigenvalue weighted by Crippen LogP contribution is 2.39. The van der Waals surface area contributed by atoms with E-state index in [-0.39, 0.29) is 0 Å². The summed E-state index contributed by atoms with van der Waals surface area (Å²) >= 11 is 0. The Hall–Kier alpha value is -6.97. The molecule has 240 valence electrons. The molecular formula is C49H29N3. The normalized spacial score (nSPS) is 11.8. The SMILES string of the molecule is c1ccc2c(c1)ccc1c(-c3ccc(-c4ccc5c(ccc6cc(-c7cc8cccnc8c8ncccc78)ccc65)c4)cc3)nc3ccccc3c12. The van der Waals surface area contributed by atoms with Gasteiger partial charge in [-0.15, -0.1) is 0 Å². The van der Waals surface area contributed by atoms with Crippen molar-refractivity contribution in [2.75, 3.05) is 0 Å². The maximum Gasteiger partial charge on any atom is 0.0970 e. The predicted molar refractivity (Wildman–Crippen MR) is 219 cm³/mol. The molecule has 8 aromatic carbocycles. The van der Waals surface area contributed by atoms with Gasteiger partial charge in [0.25, 0.3) is 0 Å². The largest absolute Gasteiger partial charge is 0.254 e. The van der Waals surface area contributed by atoms with E-state index in [1.165, 1.54) is 70.7 Å². The third kappa shape index (κ3) is 4.43. The Bertz CT molecular complexity index is 3220. The van der Waals surface area contributed by atoms with E-state index >= 15 is 0 Å². The van der Waals surface area contributed by atoms with Gasteiger partial charge in [0.15, 0.2) is 0 Å². The molecule has 0 fully saturated rings. The van der Waals surface area contributed by atoms with Gasteiger partial charge in [-0.25, -0.2) is 4.98 Å².